The van der Waals surface area contributed by atoms with Gasteiger partial charge in [-0.1, -0.05) is 18.2 Å². The Morgan fingerprint density at radius 2 is 2.10 bits per heavy atom. The molecule has 3 aromatic rings. The van der Waals surface area contributed by atoms with E-state index < -0.39 is 0 Å². The third-order valence-corrected chi connectivity index (χ3v) is 3.66. The maximum atomic E-state index is 5.87. The minimum absolute atomic E-state index is 0.467. The van der Waals surface area contributed by atoms with Crippen LogP contribution in [0.1, 0.15) is 11.1 Å². The zero-order valence-electron chi connectivity index (χ0n) is 11.4. The molecule has 2 N–H and O–H groups in total. The number of nitrogens with two attached hydrogens (primary N) is 1. The van der Waals surface area contributed by atoms with Gasteiger partial charge in [0.05, 0.1) is 18.4 Å². The number of nitrogens with zero attached hydrogens (tertiary/aromatic N) is 1. The van der Waals surface area contributed by atoms with Crippen molar-refractivity contribution in [3.8, 4) is 5.75 Å². The molecule has 0 saturated heterocycles. The van der Waals surface area contributed by atoms with Crippen molar-refractivity contribution < 1.29 is 9.15 Å². The summed E-state index contributed by atoms with van der Waals surface area (Å²) in [6, 6.07) is 13.8. The third-order valence-electron chi connectivity index (χ3n) is 3.66. The fourth-order valence-electron chi connectivity index (χ4n) is 2.59. The van der Waals surface area contributed by atoms with Crippen LogP contribution in [-0.4, -0.2) is 5.90 Å². The highest BCUT2D eigenvalue weighted by Gasteiger charge is 2.16. The molecular weight excluding hydrogens is 264 g/mol. The van der Waals surface area contributed by atoms with Gasteiger partial charge in [-0.15, -0.1) is 0 Å². The molecule has 0 aliphatic carbocycles. The van der Waals surface area contributed by atoms with Crippen LogP contribution in [0.15, 0.2) is 58.1 Å². The normalized spacial score (nSPS) is 13.3. The Kier molecular flexibility index (Phi) is 2.75. The van der Waals surface area contributed by atoms with Crippen molar-refractivity contribution in [2.75, 3.05) is 0 Å². The maximum Gasteiger partial charge on any atom is 0.199 e. The van der Waals surface area contributed by atoms with Crippen molar-refractivity contribution >= 4 is 22.6 Å². The highest BCUT2D eigenvalue weighted by atomic mass is 16.5. The van der Waals surface area contributed by atoms with Crippen molar-refractivity contribution in [1.29, 1.82) is 0 Å². The summed E-state index contributed by atoms with van der Waals surface area (Å²) < 4.78 is 11.4. The van der Waals surface area contributed by atoms with Crippen molar-refractivity contribution in [2.45, 2.75) is 13.0 Å². The van der Waals surface area contributed by atoms with E-state index in [1.54, 1.807) is 6.26 Å². The molecule has 4 nitrogen and oxygen atoms in total. The number of fused-ring (bicyclic) bond motifs is 2. The minimum Gasteiger partial charge on any atom is -0.464 e. The van der Waals surface area contributed by atoms with Crippen LogP contribution in [0.25, 0.3) is 11.0 Å². The molecule has 0 atom stereocenters. The second-order valence-electron chi connectivity index (χ2n) is 5.04. The van der Waals surface area contributed by atoms with E-state index in [9.17, 15) is 0 Å². The lowest BCUT2D eigenvalue weighted by molar-refractivity contribution is 0.539. The molecular formula is C17H14N2O2. The van der Waals surface area contributed by atoms with Crippen LogP contribution in [0.3, 0.4) is 0 Å². The Labute approximate surface area is 121 Å². The van der Waals surface area contributed by atoms with E-state index in [0.29, 0.717) is 12.4 Å². The van der Waals surface area contributed by atoms with Gasteiger partial charge >= 0.3 is 0 Å². The van der Waals surface area contributed by atoms with E-state index in [1.165, 1.54) is 5.56 Å². The summed E-state index contributed by atoms with van der Waals surface area (Å²) in [5.41, 5.74) is 9.63. The molecule has 1 aliphatic rings. The van der Waals surface area contributed by atoms with Crippen LogP contribution >= 0.6 is 0 Å². The molecule has 2 aromatic carbocycles. The van der Waals surface area contributed by atoms with E-state index in [1.807, 2.05) is 36.4 Å². The van der Waals surface area contributed by atoms with Crippen LogP contribution in [0.5, 0.6) is 5.75 Å². The molecule has 1 aliphatic heterocycles. The predicted molar refractivity (Wildman–Crippen MR) is 82.0 cm³/mol. The van der Waals surface area contributed by atoms with Crippen molar-refractivity contribution in [2.24, 2.45) is 10.7 Å². The Balaban J connectivity index is 1.61. The number of rotatable bonds is 2. The average molecular weight is 278 g/mol. The monoisotopic (exact) mass is 278 g/mol. The zero-order chi connectivity index (χ0) is 14.2. The van der Waals surface area contributed by atoms with Gasteiger partial charge in [-0.25, -0.2) is 4.99 Å². The van der Waals surface area contributed by atoms with Crippen LogP contribution in [-0.2, 0) is 13.0 Å². The van der Waals surface area contributed by atoms with E-state index in [-0.39, 0.29) is 0 Å². The van der Waals surface area contributed by atoms with Crippen LogP contribution < -0.4 is 10.5 Å². The van der Waals surface area contributed by atoms with Crippen LogP contribution in [0.2, 0.25) is 0 Å². The summed E-state index contributed by atoms with van der Waals surface area (Å²) in [7, 11) is 0. The maximum absolute atomic E-state index is 5.87. The second-order valence-corrected chi connectivity index (χ2v) is 5.04. The van der Waals surface area contributed by atoms with Gasteiger partial charge in [0, 0.05) is 23.6 Å². The summed E-state index contributed by atoms with van der Waals surface area (Å²) in [6.07, 6.45) is 2.41. The van der Waals surface area contributed by atoms with Gasteiger partial charge in [0.15, 0.2) is 5.90 Å². The number of aliphatic imine (C=N–C) groups is 1. The minimum atomic E-state index is 0.467. The summed E-state index contributed by atoms with van der Waals surface area (Å²) in [4.78, 5) is 4.49. The molecule has 0 fully saturated rings. The predicted octanol–water partition coefficient (Wildman–Crippen LogP) is 3.56. The fraction of sp³-hybridized carbons (Fsp3) is 0.118. The first-order valence-electron chi connectivity index (χ1n) is 6.87. The number of benzene rings is 2. The molecule has 2 heterocycles. The molecule has 4 heteroatoms. The SMILES string of the molecule is NCc1coc2cc(OC3=Nc4ccccc4C3)ccc12. The number of hydrogen-bond acceptors (Lipinski definition) is 4. The molecule has 0 unspecified atom stereocenters. The first-order chi connectivity index (χ1) is 10.3. The topological polar surface area (TPSA) is 60.8 Å². The first-order valence-corrected chi connectivity index (χ1v) is 6.87. The van der Waals surface area contributed by atoms with Gasteiger partial charge in [-0.05, 0) is 23.8 Å². The Morgan fingerprint density at radius 1 is 1.19 bits per heavy atom. The van der Waals surface area contributed by atoms with Gasteiger partial charge in [-0.3, -0.25) is 0 Å². The van der Waals surface area contributed by atoms with Gasteiger partial charge < -0.3 is 14.9 Å². The standard InChI is InChI=1S/C17H14N2O2/c18-9-12-10-20-16-8-13(5-6-14(12)16)21-17-7-11-3-1-2-4-15(11)19-17/h1-6,8,10H,7,9,18H2. The third kappa shape index (κ3) is 2.10. The molecule has 1 aromatic heterocycles. The molecule has 0 amide bonds. The lowest BCUT2D eigenvalue weighted by Crippen LogP contribution is -2.07. The number of ether oxygens (including phenoxy) is 1. The molecule has 4 rings (SSSR count). The van der Waals surface area contributed by atoms with Gasteiger partial charge in [0.25, 0.3) is 0 Å². The first kappa shape index (κ1) is 12.2. The summed E-state index contributed by atoms with van der Waals surface area (Å²) in [5.74, 6) is 1.44. The second kappa shape index (κ2) is 4.75. The van der Waals surface area contributed by atoms with Crippen molar-refractivity contribution in [3.05, 3.63) is 59.9 Å². The zero-order valence-corrected chi connectivity index (χ0v) is 11.4. The van der Waals surface area contributed by atoms with Gasteiger partial charge in [0.2, 0.25) is 0 Å². The smallest absolute Gasteiger partial charge is 0.199 e. The summed E-state index contributed by atoms with van der Waals surface area (Å²) in [6.45, 7) is 0.467. The number of para-hydroxylation sites is 1. The lowest BCUT2D eigenvalue weighted by Gasteiger charge is -2.04. The van der Waals surface area contributed by atoms with E-state index in [0.717, 1.165) is 34.4 Å². The number of hydrogen-bond donors (Lipinski definition) is 1. The van der Waals surface area contributed by atoms with E-state index in [4.69, 9.17) is 14.9 Å². The number of furan rings is 1. The van der Waals surface area contributed by atoms with E-state index in [2.05, 4.69) is 11.1 Å². The highest BCUT2D eigenvalue weighted by Crippen LogP contribution is 2.29. The van der Waals surface area contributed by atoms with Crippen LogP contribution in [0.4, 0.5) is 5.69 Å². The Bertz CT molecular complexity index is 849. The lowest BCUT2D eigenvalue weighted by atomic mass is 10.1. The van der Waals surface area contributed by atoms with E-state index >= 15 is 0 Å². The molecule has 21 heavy (non-hydrogen) atoms. The highest BCUT2D eigenvalue weighted by molar-refractivity contribution is 5.90. The quantitative estimate of drug-likeness (QED) is 0.779. The summed E-state index contributed by atoms with van der Waals surface area (Å²) >= 11 is 0. The average Bonchev–Trinajstić information content (AvgIpc) is 3.09. The Morgan fingerprint density at radius 3 is 2.95 bits per heavy atom. The Hall–Kier alpha value is -2.59. The largest absolute Gasteiger partial charge is 0.464 e. The van der Waals surface area contributed by atoms with Crippen LogP contribution in [0, 0.1) is 0 Å². The fourth-order valence-corrected chi connectivity index (χ4v) is 2.59. The van der Waals surface area contributed by atoms with Gasteiger partial charge in [-0.2, -0.15) is 0 Å². The van der Waals surface area contributed by atoms with Crippen molar-refractivity contribution in [3.63, 3.8) is 0 Å². The van der Waals surface area contributed by atoms with Crippen molar-refractivity contribution in [1.82, 2.24) is 0 Å². The molecule has 0 saturated carbocycles. The van der Waals surface area contributed by atoms with Gasteiger partial charge in [0.1, 0.15) is 11.3 Å². The molecule has 0 radical (unpaired) electrons. The molecule has 0 spiro atoms. The molecule has 104 valence electrons. The molecule has 0 bridgehead atoms. The summed E-state index contributed by atoms with van der Waals surface area (Å²) in [5, 5.41) is 1.03.